The van der Waals surface area contributed by atoms with E-state index in [1.54, 1.807) is 0 Å². The summed E-state index contributed by atoms with van der Waals surface area (Å²) in [7, 11) is 0. The molecule has 3 atom stereocenters. The van der Waals surface area contributed by atoms with Crippen LogP contribution in [0.15, 0.2) is 0 Å². The van der Waals surface area contributed by atoms with Crippen LogP contribution in [0.5, 0.6) is 0 Å². The summed E-state index contributed by atoms with van der Waals surface area (Å²) in [6.07, 6.45) is 4.53. The molecule has 3 unspecified atom stereocenters. The fourth-order valence-electron chi connectivity index (χ4n) is 2.92. The Morgan fingerprint density at radius 2 is 2.15 bits per heavy atom. The number of hydrogen-bond acceptors (Lipinski definition) is 2. The minimum atomic E-state index is 0.271. The van der Waals surface area contributed by atoms with Gasteiger partial charge in [0.2, 0.25) is 0 Å². The average Bonchev–Trinajstić information content (AvgIpc) is 2.37. The Kier molecular flexibility index (Phi) is 2.41. The van der Waals surface area contributed by atoms with Crippen LogP contribution in [0.4, 0.5) is 0 Å². The molecular formula is C11H19NO. The number of nitrogens with zero attached hydrogens (tertiary/aromatic N) is 1. The second kappa shape index (κ2) is 3.41. The zero-order valence-electron chi connectivity index (χ0n) is 8.62. The van der Waals surface area contributed by atoms with Crippen molar-refractivity contribution in [2.24, 2.45) is 5.92 Å². The van der Waals surface area contributed by atoms with Crippen molar-refractivity contribution in [2.45, 2.75) is 51.6 Å². The van der Waals surface area contributed by atoms with E-state index in [1.165, 1.54) is 12.8 Å². The van der Waals surface area contributed by atoms with Crippen LogP contribution in [-0.4, -0.2) is 29.3 Å². The monoisotopic (exact) mass is 181 g/mol. The molecule has 74 valence electrons. The van der Waals surface area contributed by atoms with E-state index in [-0.39, 0.29) is 6.04 Å². The molecule has 0 spiro atoms. The summed E-state index contributed by atoms with van der Waals surface area (Å²) in [5, 5.41) is 0. The Morgan fingerprint density at radius 1 is 1.38 bits per heavy atom. The first-order valence-electron chi connectivity index (χ1n) is 5.56. The molecule has 0 aromatic rings. The van der Waals surface area contributed by atoms with Gasteiger partial charge < -0.3 is 0 Å². The van der Waals surface area contributed by atoms with Gasteiger partial charge in [-0.3, -0.25) is 9.69 Å². The first-order chi connectivity index (χ1) is 6.27. The molecule has 0 amide bonds. The molecule has 1 aliphatic carbocycles. The molecule has 1 saturated carbocycles. The van der Waals surface area contributed by atoms with Crippen LogP contribution in [0.2, 0.25) is 0 Å². The van der Waals surface area contributed by atoms with Crippen LogP contribution < -0.4 is 0 Å². The van der Waals surface area contributed by atoms with Crippen LogP contribution in [-0.2, 0) is 4.79 Å². The number of rotatable bonds is 3. The largest absolute Gasteiger partial charge is 0.298 e. The lowest BCUT2D eigenvalue weighted by molar-refractivity contribution is -0.123. The van der Waals surface area contributed by atoms with Crippen molar-refractivity contribution >= 4 is 5.78 Å². The molecule has 0 bridgehead atoms. The fourth-order valence-corrected chi connectivity index (χ4v) is 2.92. The highest BCUT2D eigenvalue weighted by Gasteiger charge is 2.47. The first kappa shape index (κ1) is 9.20. The number of carbonyl (C=O) groups is 1. The van der Waals surface area contributed by atoms with E-state index < -0.39 is 0 Å². The Labute approximate surface area is 80.3 Å². The maximum atomic E-state index is 11.7. The summed E-state index contributed by atoms with van der Waals surface area (Å²) in [6, 6.07) is 1.03. The van der Waals surface area contributed by atoms with E-state index in [1.807, 2.05) is 6.92 Å². The van der Waals surface area contributed by atoms with E-state index >= 15 is 0 Å². The molecule has 2 fully saturated rings. The number of hydrogen-bond donors (Lipinski definition) is 0. The van der Waals surface area contributed by atoms with Gasteiger partial charge >= 0.3 is 0 Å². The predicted molar refractivity (Wildman–Crippen MR) is 52.6 cm³/mol. The van der Waals surface area contributed by atoms with Crippen LogP contribution in [0.25, 0.3) is 0 Å². The third kappa shape index (κ3) is 1.32. The van der Waals surface area contributed by atoms with E-state index in [0.29, 0.717) is 12.2 Å². The highest BCUT2D eigenvalue weighted by Crippen LogP contribution is 2.43. The highest BCUT2D eigenvalue weighted by molar-refractivity contribution is 5.84. The molecule has 2 aliphatic rings. The highest BCUT2D eigenvalue weighted by atomic mass is 16.1. The predicted octanol–water partition coefficient (Wildman–Crippen LogP) is 1.84. The molecule has 13 heavy (non-hydrogen) atoms. The van der Waals surface area contributed by atoms with Crippen LogP contribution in [0.3, 0.4) is 0 Å². The Hall–Kier alpha value is -0.370. The lowest BCUT2D eigenvalue weighted by Crippen LogP contribution is -2.44. The average molecular weight is 181 g/mol. The van der Waals surface area contributed by atoms with Crippen LogP contribution >= 0.6 is 0 Å². The molecule has 0 aromatic carbocycles. The molecule has 1 aliphatic heterocycles. The van der Waals surface area contributed by atoms with Gasteiger partial charge in [-0.2, -0.15) is 0 Å². The van der Waals surface area contributed by atoms with Crippen LogP contribution in [0.1, 0.15) is 39.5 Å². The topological polar surface area (TPSA) is 20.3 Å². The maximum Gasteiger partial charge on any atom is 0.149 e. The third-order valence-corrected chi connectivity index (χ3v) is 3.81. The first-order valence-corrected chi connectivity index (χ1v) is 5.56. The van der Waals surface area contributed by atoms with Crippen molar-refractivity contribution in [2.75, 3.05) is 6.54 Å². The van der Waals surface area contributed by atoms with Crippen LogP contribution in [0, 0.1) is 5.92 Å². The standard InChI is InChI=1S/C11H19NO/c1-3-11(13)10-7-8-5-6-9(8)12(10)4-2/h8-10H,3-7H2,1-2H3. The zero-order chi connectivity index (χ0) is 9.42. The van der Waals surface area contributed by atoms with Crippen molar-refractivity contribution in [3.05, 3.63) is 0 Å². The molecule has 1 heterocycles. The number of likely N-dealkylation sites (N-methyl/N-ethyl adjacent to an activating group) is 1. The van der Waals surface area contributed by atoms with Crippen molar-refractivity contribution in [3.8, 4) is 0 Å². The number of ketones is 1. The van der Waals surface area contributed by atoms with Gasteiger partial charge in [0.05, 0.1) is 6.04 Å². The molecule has 2 heteroatoms. The van der Waals surface area contributed by atoms with Gasteiger partial charge in [-0.15, -0.1) is 0 Å². The zero-order valence-corrected chi connectivity index (χ0v) is 8.62. The van der Waals surface area contributed by atoms with Crippen molar-refractivity contribution in [3.63, 3.8) is 0 Å². The molecular weight excluding hydrogens is 162 g/mol. The van der Waals surface area contributed by atoms with Crippen molar-refractivity contribution in [1.82, 2.24) is 4.90 Å². The second-order valence-corrected chi connectivity index (χ2v) is 4.31. The number of carbonyl (C=O) groups excluding carboxylic acids is 1. The number of Topliss-reactive ketones (excluding diaryl/α,β-unsaturated/α-hetero) is 1. The smallest absolute Gasteiger partial charge is 0.149 e. The molecule has 0 N–H and O–H groups in total. The molecule has 2 rings (SSSR count). The Balaban J connectivity index is 2.06. The summed E-state index contributed by atoms with van der Waals surface area (Å²) >= 11 is 0. The fraction of sp³-hybridized carbons (Fsp3) is 0.909. The number of likely N-dealkylation sites (tertiary alicyclic amines) is 1. The second-order valence-electron chi connectivity index (χ2n) is 4.31. The minimum Gasteiger partial charge on any atom is -0.298 e. The Bertz CT molecular complexity index is 214. The van der Waals surface area contributed by atoms with Crippen molar-refractivity contribution in [1.29, 1.82) is 0 Å². The SMILES string of the molecule is CCC(=O)C1CC2CCC2N1CC. The van der Waals surface area contributed by atoms with E-state index in [4.69, 9.17) is 0 Å². The number of fused-ring (bicyclic) bond motifs is 1. The van der Waals surface area contributed by atoms with Gasteiger partial charge in [0.15, 0.2) is 0 Å². The van der Waals surface area contributed by atoms with Gasteiger partial charge in [-0.25, -0.2) is 0 Å². The van der Waals surface area contributed by atoms with E-state index in [9.17, 15) is 4.79 Å². The lowest BCUT2D eigenvalue weighted by Gasteiger charge is -2.36. The van der Waals surface area contributed by atoms with Gasteiger partial charge in [-0.05, 0) is 31.7 Å². The van der Waals surface area contributed by atoms with Gasteiger partial charge in [0.1, 0.15) is 5.78 Å². The summed E-state index contributed by atoms with van der Waals surface area (Å²) < 4.78 is 0. The van der Waals surface area contributed by atoms with Crippen molar-refractivity contribution < 1.29 is 4.79 Å². The summed E-state index contributed by atoms with van der Waals surface area (Å²) in [4.78, 5) is 14.1. The normalized spacial score (nSPS) is 38.5. The van der Waals surface area contributed by atoms with E-state index in [0.717, 1.165) is 24.9 Å². The van der Waals surface area contributed by atoms with Gasteiger partial charge in [-0.1, -0.05) is 13.8 Å². The maximum absolute atomic E-state index is 11.7. The molecule has 2 nitrogen and oxygen atoms in total. The quantitative estimate of drug-likeness (QED) is 0.662. The molecule has 0 radical (unpaired) electrons. The summed E-state index contributed by atoms with van der Waals surface area (Å²) in [5.41, 5.74) is 0. The lowest BCUT2D eigenvalue weighted by atomic mass is 9.80. The van der Waals surface area contributed by atoms with Gasteiger partial charge in [0, 0.05) is 12.5 Å². The molecule has 1 saturated heterocycles. The summed E-state index contributed by atoms with van der Waals surface area (Å²) in [6.45, 7) is 5.21. The molecule has 0 aromatic heterocycles. The Morgan fingerprint density at radius 3 is 2.62 bits per heavy atom. The minimum absolute atomic E-state index is 0.271. The van der Waals surface area contributed by atoms with E-state index in [2.05, 4.69) is 11.8 Å². The third-order valence-electron chi connectivity index (χ3n) is 3.81. The van der Waals surface area contributed by atoms with Gasteiger partial charge in [0.25, 0.3) is 0 Å². The summed E-state index contributed by atoms with van der Waals surface area (Å²) in [5.74, 6) is 1.30.